The van der Waals surface area contributed by atoms with Gasteiger partial charge in [0.15, 0.2) is 6.61 Å². The minimum Gasteiger partial charge on any atom is -0.482 e. The fourth-order valence-corrected chi connectivity index (χ4v) is 2.97. The molecule has 9 nitrogen and oxygen atoms in total. The van der Waals surface area contributed by atoms with Crippen molar-refractivity contribution in [3.05, 3.63) is 63.7 Å². The van der Waals surface area contributed by atoms with Crippen molar-refractivity contribution in [2.24, 2.45) is 0 Å². The van der Waals surface area contributed by atoms with Crippen LogP contribution in [0.25, 0.3) is 0 Å². The molecule has 30 heavy (non-hydrogen) atoms. The van der Waals surface area contributed by atoms with Crippen molar-refractivity contribution in [1.29, 1.82) is 0 Å². The summed E-state index contributed by atoms with van der Waals surface area (Å²) >= 11 is 0. The van der Waals surface area contributed by atoms with E-state index in [4.69, 9.17) is 9.47 Å². The molecule has 0 unspecified atom stereocenters. The van der Waals surface area contributed by atoms with Crippen molar-refractivity contribution < 1.29 is 24.0 Å². The molecule has 3 rings (SSSR count). The molecule has 0 atom stereocenters. The van der Waals surface area contributed by atoms with Crippen molar-refractivity contribution in [2.75, 3.05) is 18.1 Å². The van der Waals surface area contributed by atoms with Crippen LogP contribution in [0, 0.1) is 10.1 Å². The molecule has 2 aromatic rings. The maximum absolute atomic E-state index is 12.5. The molecule has 2 aromatic carbocycles. The third-order valence-corrected chi connectivity index (χ3v) is 4.46. The summed E-state index contributed by atoms with van der Waals surface area (Å²) in [5.74, 6) is -0.497. The quantitative estimate of drug-likeness (QED) is 0.526. The molecular formula is C21H23N3O6. The number of nitro groups is 1. The number of hydrogen-bond acceptors (Lipinski definition) is 6. The number of ether oxygens (including phenoxy) is 2. The first-order valence-electron chi connectivity index (χ1n) is 9.51. The largest absolute Gasteiger partial charge is 0.482 e. The van der Waals surface area contributed by atoms with Crippen molar-refractivity contribution in [2.45, 2.75) is 33.1 Å². The van der Waals surface area contributed by atoms with E-state index >= 15 is 0 Å². The highest BCUT2D eigenvalue weighted by Gasteiger charge is 2.29. The molecule has 0 saturated carbocycles. The molecule has 0 aliphatic carbocycles. The van der Waals surface area contributed by atoms with Gasteiger partial charge in [-0.2, -0.15) is 0 Å². The summed E-state index contributed by atoms with van der Waals surface area (Å²) in [6.45, 7) is 4.21. The van der Waals surface area contributed by atoms with Crippen LogP contribution < -0.4 is 15.0 Å². The molecular weight excluding hydrogens is 390 g/mol. The Bertz CT molecular complexity index is 960. The zero-order valence-corrected chi connectivity index (χ0v) is 16.8. The number of anilines is 1. The van der Waals surface area contributed by atoms with Gasteiger partial charge in [-0.05, 0) is 31.0 Å². The Kier molecular flexibility index (Phi) is 6.63. The van der Waals surface area contributed by atoms with Gasteiger partial charge in [0.2, 0.25) is 5.91 Å². The molecule has 0 spiro atoms. The highest BCUT2D eigenvalue weighted by atomic mass is 16.6. The van der Waals surface area contributed by atoms with Crippen molar-refractivity contribution >= 4 is 23.2 Å². The van der Waals surface area contributed by atoms with Gasteiger partial charge in [-0.1, -0.05) is 24.3 Å². The van der Waals surface area contributed by atoms with Gasteiger partial charge in [-0.3, -0.25) is 24.6 Å². The second-order valence-corrected chi connectivity index (χ2v) is 7.13. The maximum Gasteiger partial charge on any atom is 0.271 e. The average Bonchev–Trinajstić information content (AvgIpc) is 2.72. The van der Waals surface area contributed by atoms with Gasteiger partial charge >= 0.3 is 0 Å². The molecule has 0 bridgehead atoms. The zero-order valence-electron chi connectivity index (χ0n) is 16.8. The first-order chi connectivity index (χ1) is 14.3. The lowest BCUT2D eigenvalue weighted by Crippen LogP contribution is -2.45. The van der Waals surface area contributed by atoms with E-state index < -0.39 is 10.8 Å². The lowest BCUT2D eigenvalue weighted by atomic mass is 10.1. The van der Waals surface area contributed by atoms with Crippen molar-refractivity contribution in [1.82, 2.24) is 5.32 Å². The van der Waals surface area contributed by atoms with Crippen LogP contribution >= 0.6 is 0 Å². The standard InChI is InChI=1S/C21H23N3O6/c1-14(2)29-12-16-5-3-4-15(8-16)10-22-20(25)11-23-18-9-17(24(27)28)6-7-19(18)30-13-21(23)26/h3-9,14H,10-13H2,1-2H3,(H,22,25). The first-order valence-corrected chi connectivity index (χ1v) is 9.51. The Morgan fingerprint density at radius 1 is 1.27 bits per heavy atom. The van der Waals surface area contributed by atoms with E-state index in [2.05, 4.69) is 5.32 Å². The molecule has 1 aliphatic heterocycles. The molecule has 1 N–H and O–H groups in total. The Labute approximate surface area is 173 Å². The molecule has 1 aliphatic rings. The number of nitrogens with one attached hydrogen (secondary N) is 1. The van der Waals surface area contributed by atoms with Crippen LogP contribution in [-0.2, 0) is 27.5 Å². The number of nitrogens with zero attached hydrogens (tertiary/aromatic N) is 2. The summed E-state index contributed by atoms with van der Waals surface area (Å²) in [6, 6.07) is 11.6. The van der Waals surface area contributed by atoms with E-state index in [0.717, 1.165) is 11.1 Å². The summed E-state index contributed by atoms with van der Waals surface area (Å²) < 4.78 is 10.9. The highest BCUT2D eigenvalue weighted by molar-refractivity contribution is 6.02. The number of fused-ring (bicyclic) bond motifs is 1. The third-order valence-electron chi connectivity index (χ3n) is 4.46. The Hall–Kier alpha value is -3.46. The lowest BCUT2D eigenvalue weighted by molar-refractivity contribution is -0.384. The van der Waals surface area contributed by atoms with Crippen molar-refractivity contribution in [3.8, 4) is 5.75 Å². The number of amides is 2. The summed E-state index contributed by atoms with van der Waals surface area (Å²) in [4.78, 5) is 36.4. The Morgan fingerprint density at radius 3 is 2.77 bits per heavy atom. The minimum atomic E-state index is -0.562. The van der Waals surface area contributed by atoms with E-state index in [1.807, 2.05) is 38.1 Å². The number of benzene rings is 2. The van der Waals surface area contributed by atoms with Gasteiger partial charge in [-0.15, -0.1) is 0 Å². The number of hydrogen-bond donors (Lipinski definition) is 1. The number of carbonyl (C=O) groups excluding carboxylic acids is 2. The van der Waals surface area contributed by atoms with Crippen LogP contribution in [0.15, 0.2) is 42.5 Å². The molecule has 0 radical (unpaired) electrons. The molecule has 9 heteroatoms. The van der Waals surface area contributed by atoms with E-state index in [1.165, 1.54) is 23.1 Å². The van der Waals surface area contributed by atoms with Gasteiger partial charge in [0.25, 0.3) is 11.6 Å². The van der Waals surface area contributed by atoms with Crippen molar-refractivity contribution in [3.63, 3.8) is 0 Å². The normalized spacial score (nSPS) is 13.0. The fourth-order valence-electron chi connectivity index (χ4n) is 2.97. The monoisotopic (exact) mass is 413 g/mol. The number of non-ortho nitro benzene ring substituents is 1. The van der Waals surface area contributed by atoms with Gasteiger partial charge in [0.05, 0.1) is 23.3 Å². The molecule has 1 heterocycles. The SMILES string of the molecule is CC(C)OCc1cccc(CNC(=O)CN2C(=O)COc3ccc([N+](=O)[O-])cc32)c1. The topological polar surface area (TPSA) is 111 Å². The van der Waals surface area contributed by atoms with Crippen LogP contribution in [-0.4, -0.2) is 36.0 Å². The average molecular weight is 413 g/mol. The van der Waals surface area contributed by atoms with Crippen LogP contribution in [0.1, 0.15) is 25.0 Å². The molecule has 0 saturated heterocycles. The molecule has 0 fully saturated rings. The summed E-state index contributed by atoms with van der Waals surface area (Å²) in [5.41, 5.74) is 1.93. The smallest absolute Gasteiger partial charge is 0.271 e. The molecule has 2 amide bonds. The molecule has 0 aromatic heterocycles. The number of rotatable bonds is 8. The fraction of sp³-hybridized carbons (Fsp3) is 0.333. The first kappa shape index (κ1) is 21.3. The van der Waals surface area contributed by atoms with Crippen LogP contribution in [0.3, 0.4) is 0 Å². The summed E-state index contributed by atoms with van der Waals surface area (Å²) in [6.07, 6.45) is 0.123. The van der Waals surface area contributed by atoms with Gasteiger partial charge in [0, 0.05) is 18.7 Å². The number of carbonyl (C=O) groups is 2. The molecule has 158 valence electrons. The number of nitro benzene ring substituents is 1. The second kappa shape index (κ2) is 9.36. The van der Waals surface area contributed by atoms with E-state index in [0.29, 0.717) is 12.4 Å². The Balaban J connectivity index is 1.64. The van der Waals surface area contributed by atoms with Gasteiger partial charge in [-0.25, -0.2) is 0 Å². The minimum absolute atomic E-state index is 0.123. The highest BCUT2D eigenvalue weighted by Crippen LogP contribution is 2.35. The van der Waals surface area contributed by atoms with E-state index in [-0.39, 0.29) is 43.1 Å². The zero-order chi connectivity index (χ0) is 21.7. The van der Waals surface area contributed by atoms with E-state index in [1.54, 1.807) is 0 Å². The Morgan fingerprint density at radius 2 is 2.03 bits per heavy atom. The predicted octanol–water partition coefficient (Wildman–Crippen LogP) is 2.56. The predicted molar refractivity (Wildman–Crippen MR) is 109 cm³/mol. The van der Waals surface area contributed by atoms with Gasteiger partial charge < -0.3 is 14.8 Å². The summed E-state index contributed by atoms with van der Waals surface area (Å²) in [5, 5.41) is 13.8. The van der Waals surface area contributed by atoms with Crippen LogP contribution in [0.5, 0.6) is 5.75 Å². The second-order valence-electron chi connectivity index (χ2n) is 7.13. The van der Waals surface area contributed by atoms with Crippen LogP contribution in [0.2, 0.25) is 0 Å². The van der Waals surface area contributed by atoms with Gasteiger partial charge in [0.1, 0.15) is 12.3 Å². The maximum atomic E-state index is 12.5. The van der Waals surface area contributed by atoms with Crippen LogP contribution in [0.4, 0.5) is 11.4 Å². The summed E-state index contributed by atoms with van der Waals surface area (Å²) in [7, 11) is 0. The third kappa shape index (κ3) is 5.32. The van der Waals surface area contributed by atoms with E-state index in [9.17, 15) is 19.7 Å². The lowest BCUT2D eigenvalue weighted by Gasteiger charge is -2.28.